The summed E-state index contributed by atoms with van der Waals surface area (Å²) in [6, 6.07) is 7.86. The van der Waals surface area contributed by atoms with Gasteiger partial charge in [-0.15, -0.1) is 0 Å². The van der Waals surface area contributed by atoms with E-state index in [0.29, 0.717) is 0 Å². The molecule has 0 bridgehead atoms. The van der Waals surface area contributed by atoms with E-state index in [1.165, 1.54) is 0 Å². The van der Waals surface area contributed by atoms with Gasteiger partial charge in [-0.05, 0) is 17.0 Å². The Hall–Kier alpha value is -0.830. The first kappa shape index (κ1) is 10.7. The summed E-state index contributed by atoms with van der Waals surface area (Å²) >= 11 is 3.47. The highest BCUT2D eigenvalue weighted by molar-refractivity contribution is 9.10. The molecule has 15 heavy (non-hydrogen) atoms. The van der Waals surface area contributed by atoms with E-state index in [9.17, 15) is 4.79 Å². The first-order valence-corrected chi connectivity index (χ1v) is 5.73. The van der Waals surface area contributed by atoms with Gasteiger partial charge in [0.15, 0.2) is 0 Å². The number of hydrogen-bond acceptors (Lipinski definition) is 1. The molecule has 0 saturated heterocycles. The molecule has 0 heterocycles. The molecule has 1 aromatic rings. The fourth-order valence-corrected chi connectivity index (χ4v) is 2.94. The highest BCUT2D eigenvalue weighted by atomic mass is 79.9. The van der Waals surface area contributed by atoms with Crippen LogP contribution in [0.25, 0.3) is 0 Å². The molecule has 1 aliphatic rings. The molecule has 2 rings (SSSR count). The molecule has 1 aliphatic carbocycles. The molecule has 0 spiro atoms. The lowest BCUT2D eigenvalue weighted by atomic mass is 10.0. The van der Waals surface area contributed by atoms with Gasteiger partial charge in [0, 0.05) is 10.4 Å². The topological polar surface area (TPSA) is 37.3 Å². The van der Waals surface area contributed by atoms with Crippen LogP contribution in [0.5, 0.6) is 0 Å². The minimum atomic E-state index is -0.694. The molecule has 0 aromatic heterocycles. The number of aliphatic carboxylic acids is 1. The molecule has 0 radical (unpaired) electrons. The zero-order chi connectivity index (χ0) is 11.2. The summed E-state index contributed by atoms with van der Waals surface area (Å²) in [6.45, 7) is 4.02. The standard InChI is InChI=1S/C12H13BrO2/c1-12(2)9(10(12)11(14)15)7-5-3-4-6-8(7)13/h3-6,9-10H,1-2H3,(H,14,15). The Morgan fingerprint density at radius 2 is 2.00 bits per heavy atom. The molecular weight excluding hydrogens is 256 g/mol. The second-order valence-electron chi connectivity index (χ2n) is 4.64. The van der Waals surface area contributed by atoms with E-state index in [1.807, 2.05) is 38.1 Å². The van der Waals surface area contributed by atoms with Gasteiger partial charge >= 0.3 is 5.97 Å². The zero-order valence-corrected chi connectivity index (χ0v) is 10.3. The van der Waals surface area contributed by atoms with Crippen molar-refractivity contribution in [2.24, 2.45) is 11.3 Å². The minimum absolute atomic E-state index is 0.129. The molecule has 0 amide bonds. The van der Waals surface area contributed by atoms with Gasteiger partial charge in [0.25, 0.3) is 0 Å². The van der Waals surface area contributed by atoms with Crippen molar-refractivity contribution in [2.75, 3.05) is 0 Å². The summed E-state index contributed by atoms with van der Waals surface area (Å²) in [6.07, 6.45) is 0. The number of halogens is 1. The number of hydrogen-bond donors (Lipinski definition) is 1. The van der Waals surface area contributed by atoms with E-state index in [0.717, 1.165) is 10.0 Å². The van der Waals surface area contributed by atoms with Crippen molar-refractivity contribution < 1.29 is 9.90 Å². The van der Waals surface area contributed by atoms with Crippen LogP contribution in [0.4, 0.5) is 0 Å². The SMILES string of the molecule is CC1(C)C(C(=O)O)C1c1ccccc1Br. The maximum atomic E-state index is 11.1. The van der Waals surface area contributed by atoms with Gasteiger partial charge < -0.3 is 5.11 Å². The van der Waals surface area contributed by atoms with Crippen molar-refractivity contribution in [1.29, 1.82) is 0 Å². The Morgan fingerprint density at radius 1 is 1.40 bits per heavy atom. The highest BCUT2D eigenvalue weighted by Crippen LogP contribution is 2.65. The number of carboxylic acid groups (broad SMARTS) is 1. The van der Waals surface area contributed by atoms with Crippen molar-refractivity contribution >= 4 is 21.9 Å². The van der Waals surface area contributed by atoms with Crippen molar-refractivity contribution in [2.45, 2.75) is 19.8 Å². The lowest BCUT2D eigenvalue weighted by molar-refractivity contribution is -0.139. The Kier molecular flexibility index (Phi) is 2.38. The average molecular weight is 269 g/mol. The minimum Gasteiger partial charge on any atom is -0.481 e. The first-order chi connectivity index (χ1) is 6.96. The quantitative estimate of drug-likeness (QED) is 0.894. The van der Waals surface area contributed by atoms with Crippen LogP contribution in [0, 0.1) is 11.3 Å². The molecule has 1 fully saturated rings. The fraction of sp³-hybridized carbons (Fsp3) is 0.417. The van der Waals surface area contributed by atoms with Crippen LogP contribution in [0.15, 0.2) is 28.7 Å². The first-order valence-electron chi connectivity index (χ1n) is 4.93. The molecule has 2 nitrogen and oxygen atoms in total. The van der Waals surface area contributed by atoms with Crippen molar-refractivity contribution in [3.63, 3.8) is 0 Å². The van der Waals surface area contributed by atoms with Gasteiger partial charge in [0.05, 0.1) is 5.92 Å². The predicted molar refractivity (Wildman–Crippen MR) is 61.8 cm³/mol. The summed E-state index contributed by atoms with van der Waals surface area (Å²) in [4.78, 5) is 11.1. The Morgan fingerprint density at radius 3 is 2.47 bits per heavy atom. The van der Waals surface area contributed by atoms with Crippen LogP contribution in [-0.4, -0.2) is 11.1 Å². The molecule has 2 unspecified atom stereocenters. The third-order valence-electron chi connectivity index (χ3n) is 3.33. The van der Waals surface area contributed by atoms with Crippen LogP contribution < -0.4 is 0 Å². The zero-order valence-electron chi connectivity index (χ0n) is 8.70. The molecule has 2 atom stereocenters. The monoisotopic (exact) mass is 268 g/mol. The van der Waals surface area contributed by atoms with Gasteiger partial charge in [0.1, 0.15) is 0 Å². The summed E-state index contributed by atoms with van der Waals surface area (Å²) in [5.74, 6) is -0.817. The van der Waals surface area contributed by atoms with Crippen LogP contribution >= 0.6 is 15.9 Å². The lowest BCUT2D eigenvalue weighted by Gasteiger charge is -2.04. The van der Waals surface area contributed by atoms with Gasteiger partial charge in [-0.1, -0.05) is 48.0 Å². The highest BCUT2D eigenvalue weighted by Gasteiger charge is 2.63. The molecule has 1 aromatic carbocycles. The van der Waals surface area contributed by atoms with Gasteiger partial charge in [0.2, 0.25) is 0 Å². The van der Waals surface area contributed by atoms with Gasteiger partial charge in [-0.2, -0.15) is 0 Å². The molecule has 1 saturated carbocycles. The number of rotatable bonds is 2. The Bertz CT molecular complexity index is 412. The third-order valence-corrected chi connectivity index (χ3v) is 4.06. The summed E-state index contributed by atoms with van der Waals surface area (Å²) in [5, 5.41) is 9.10. The van der Waals surface area contributed by atoms with E-state index in [2.05, 4.69) is 15.9 Å². The Balaban J connectivity index is 2.36. The lowest BCUT2D eigenvalue weighted by Crippen LogP contribution is -2.03. The van der Waals surface area contributed by atoms with E-state index < -0.39 is 5.97 Å². The molecular formula is C12H13BrO2. The van der Waals surface area contributed by atoms with Crippen molar-refractivity contribution in [1.82, 2.24) is 0 Å². The molecule has 80 valence electrons. The third kappa shape index (κ3) is 1.59. The summed E-state index contributed by atoms with van der Waals surface area (Å²) < 4.78 is 1.01. The van der Waals surface area contributed by atoms with E-state index in [4.69, 9.17) is 5.11 Å². The molecule has 3 heteroatoms. The smallest absolute Gasteiger partial charge is 0.307 e. The van der Waals surface area contributed by atoms with Crippen molar-refractivity contribution in [3.05, 3.63) is 34.3 Å². The predicted octanol–water partition coefficient (Wildman–Crippen LogP) is 3.27. The number of benzene rings is 1. The fourth-order valence-electron chi connectivity index (χ4n) is 2.41. The van der Waals surface area contributed by atoms with E-state index in [-0.39, 0.29) is 17.3 Å². The molecule has 1 N–H and O–H groups in total. The van der Waals surface area contributed by atoms with Gasteiger partial charge in [-0.3, -0.25) is 4.79 Å². The van der Waals surface area contributed by atoms with Crippen LogP contribution in [-0.2, 0) is 4.79 Å². The molecule has 0 aliphatic heterocycles. The average Bonchev–Trinajstić information content (AvgIpc) is 2.70. The largest absolute Gasteiger partial charge is 0.481 e. The second-order valence-corrected chi connectivity index (χ2v) is 5.49. The summed E-state index contributed by atoms with van der Waals surface area (Å²) in [5.41, 5.74) is 0.977. The maximum Gasteiger partial charge on any atom is 0.307 e. The van der Waals surface area contributed by atoms with Gasteiger partial charge in [-0.25, -0.2) is 0 Å². The maximum absolute atomic E-state index is 11.1. The normalized spacial score (nSPS) is 27.4. The van der Waals surface area contributed by atoms with E-state index in [1.54, 1.807) is 0 Å². The van der Waals surface area contributed by atoms with E-state index >= 15 is 0 Å². The summed E-state index contributed by atoms with van der Waals surface area (Å²) in [7, 11) is 0. The number of carboxylic acids is 1. The Labute approximate surface area is 97.4 Å². The van der Waals surface area contributed by atoms with Crippen molar-refractivity contribution in [3.8, 4) is 0 Å². The van der Waals surface area contributed by atoms with Crippen LogP contribution in [0.2, 0.25) is 0 Å². The van der Waals surface area contributed by atoms with Crippen LogP contribution in [0.3, 0.4) is 0 Å². The van der Waals surface area contributed by atoms with Crippen LogP contribution in [0.1, 0.15) is 25.3 Å². The second kappa shape index (κ2) is 3.34. The number of carbonyl (C=O) groups is 1.